The number of aryl methyl sites for hydroxylation is 2. The van der Waals surface area contributed by atoms with Crippen LogP contribution in [0.15, 0.2) is 12.1 Å². The number of carboxylic acids is 1. The zero-order valence-corrected chi connectivity index (χ0v) is 13.0. The Morgan fingerprint density at radius 2 is 1.95 bits per heavy atom. The van der Waals surface area contributed by atoms with Crippen molar-refractivity contribution in [3.63, 3.8) is 0 Å². The van der Waals surface area contributed by atoms with Crippen LogP contribution in [0.1, 0.15) is 48.2 Å². The molecule has 5 nitrogen and oxygen atoms in total. The van der Waals surface area contributed by atoms with Gasteiger partial charge in [-0.15, -0.1) is 0 Å². The van der Waals surface area contributed by atoms with Crippen LogP contribution in [0.4, 0.5) is 10.5 Å². The van der Waals surface area contributed by atoms with E-state index in [9.17, 15) is 14.7 Å². The number of nitrogens with one attached hydrogen (secondary N) is 1. The van der Waals surface area contributed by atoms with E-state index in [2.05, 4.69) is 5.32 Å². The minimum atomic E-state index is -1.03. The summed E-state index contributed by atoms with van der Waals surface area (Å²) in [7, 11) is 0. The Bertz CT molecular complexity index is 593. The standard InChI is InChI=1S/C16H22N2O3/c1-10-8-11(2)13(12(9-10)14(19)20)17-15(21)18-7-5-6-16(18,3)4/h8-9H,5-7H2,1-4H3,(H,17,21)(H,19,20). The molecule has 1 saturated heterocycles. The number of benzene rings is 1. The van der Waals surface area contributed by atoms with E-state index >= 15 is 0 Å². The Morgan fingerprint density at radius 1 is 1.29 bits per heavy atom. The maximum absolute atomic E-state index is 12.5. The summed E-state index contributed by atoms with van der Waals surface area (Å²) in [5, 5.41) is 12.1. The quantitative estimate of drug-likeness (QED) is 0.877. The van der Waals surface area contributed by atoms with Crippen LogP contribution in [-0.2, 0) is 0 Å². The van der Waals surface area contributed by atoms with E-state index in [-0.39, 0.29) is 17.1 Å². The van der Waals surface area contributed by atoms with Gasteiger partial charge in [-0.25, -0.2) is 9.59 Å². The first-order valence-corrected chi connectivity index (χ1v) is 7.15. The topological polar surface area (TPSA) is 69.6 Å². The summed E-state index contributed by atoms with van der Waals surface area (Å²) in [6, 6.07) is 3.23. The first-order valence-electron chi connectivity index (χ1n) is 7.15. The van der Waals surface area contributed by atoms with Gasteiger partial charge in [0.1, 0.15) is 0 Å². The molecular weight excluding hydrogens is 268 g/mol. The summed E-state index contributed by atoms with van der Waals surface area (Å²) >= 11 is 0. The molecule has 0 bridgehead atoms. The van der Waals surface area contributed by atoms with E-state index in [0.717, 1.165) is 24.0 Å². The molecule has 1 aliphatic rings. The van der Waals surface area contributed by atoms with Gasteiger partial charge in [0.2, 0.25) is 0 Å². The van der Waals surface area contributed by atoms with Crippen LogP contribution in [0.5, 0.6) is 0 Å². The largest absolute Gasteiger partial charge is 0.478 e. The van der Waals surface area contributed by atoms with Crippen molar-refractivity contribution in [3.8, 4) is 0 Å². The number of hydrogen-bond donors (Lipinski definition) is 2. The Hall–Kier alpha value is -2.04. The van der Waals surface area contributed by atoms with Crippen molar-refractivity contribution in [2.75, 3.05) is 11.9 Å². The van der Waals surface area contributed by atoms with Crippen LogP contribution in [0, 0.1) is 13.8 Å². The predicted molar refractivity (Wildman–Crippen MR) is 81.9 cm³/mol. The Balaban J connectivity index is 2.31. The number of carbonyl (C=O) groups excluding carboxylic acids is 1. The van der Waals surface area contributed by atoms with Crippen LogP contribution in [0.2, 0.25) is 0 Å². The molecular formula is C16H22N2O3. The molecule has 0 radical (unpaired) electrons. The van der Waals surface area contributed by atoms with Crippen LogP contribution in [0.25, 0.3) is 0 Å². The third-order valence-corrected chi connectivity index (χ3v) is 4.09. The second-order valence-electron chi connectivity index (χ2n) is 6.31. The van der Waals surface area contributed by atoms with E-state index in [1.54, 1.807) is 11.0 Å². The highest BCUT2D eigenvalue weighted by Gasteiger charge is 2.35. The molecule has 1 aromatic carbocycles. The SMILES string of the molecule is Cc1cc(C)c(NC(=O)N2CCCC2(C)C)c(C(=O)O)c1. The van der Waals surface area contributed by atoms with Crippen LogP contribution < -0.4 is 5.32 Å². The maximum atomic E-state index is 12.5. The summed E-state index contributed by atoms with van der Waals surface area (Å²) in [6.45, 7) is 8.41. The molecule has 0 saturated carbocycles. The molecule has 21 heavy (non-hydrogen) atoms. The number of anilines is 1. The molecule has 0 atom stereocenters. The average Bonchev–Trinajstić information content (AvgIpc) is 2.71. The average molecular weight is 290 g/mol. The van der Waals surface area contributed by atoms with E-state index in [1.165, 1.54) is 0 Å². The monoisotopic (exact) mass is 290 g/mol. The molecule has 1 heterocycles. The highest BCUT2D eigenvalue weighted by Crippen LogP contribution is 2.30. The highest BCUT2D eigenvalue weighted by atomic mass is 16.4. The van der Waals surface area contributed by atoms with E-state index in [4.69, 9.17) is 0 Å². The number of likely N-dealkylation sites (tertiary alicyclic amines) is 1. The van der Waals surface area contributed by atoms with Gasteiger partial charge in [0.25, 0.3) is 0 Å². The Morgan fingerprint density at radius 3 is 2.48 bits per heavy atom. The lowest BCUT2D eigenvalue weighted by atomic mass is 10.0. The fourth-order valence-electron chi connectivity index (χ4n) is 2.96. The van der Waals surface area contributed by atoms with Crippen LogP contribution in [-0.4, -0.2) is 34.1 Å². The molecule has 114 valence electrons. The minimum Gasteiger partial charge on any atom is -0.478 e. The van der Waals surface area contributed by atoms with Crippen molar-refractivity contribution in [2.24, 2.45) is 0 Å². The van der Waals surface area contributed by atoms with Gasteiger partial charge in [0.05, 0.1) is 11.3 Å². The fraction of sp³-hybridized carbons (Fsp3) is 0.500. The second kappa shape index (κ2) is 5.39. The summed E-state index contributed by atoms with van der Waals surface area (Å²) in [6.07, 6.45) is 1.93. The van der Waals surface area contributed by atoms with Crippen molar-refractivity contribution < 1.29 is 14.7 Å². The molecule has 2 amide bonds. The summed E-state index contributed by atoms with van der Waals surface area (Å²) in [5.41, 5.74) is 1.97. The van der Waals surface area contributed by atoms with Gasteiger partial charge in [-0.2, -0.15) is 0 Å². The molecule has 5 heteroatoms. The van der Waals surface area contributed by atoms with Crippen molar-refractivity contribution in [1.82, 2.24) is 4.90 Å². The summed E-state index contributed by atoms with van der Waals surface area (Å²) in [4.78, 5) is 25.6. The molecule has 0 aromatic heterocycles. The molecule has 1 aromatic rings. The first kappa shape index (κ1) is 15.4. The third kappa shape index (κ3) is 3.01. The minimum absolute atomic E-state index is 0.137. The van der Waals surface area contributed by atoms with Crippen molar-refractivity contribution in [2.45, 2.75) is 46.1 Å². The lowest BCUT2D eigenvalue weighted by Crippen LogP contribution is -2.45. The number of amides is 2. The normalized spacial score (nSPS) is 16.9. The first-order chi connectivity index (χ1) is 9.72. The Kier molecular flexibility index (Phi) is 3.94. The zero-order valence-electron chi connectivity index (χ0n) is 13.0. The van der Waals surface area contributed by atoms with E-state index < -0.39 is 5.97 Å². The van der Waals surface area contributed by atoms with Gasteiger partial charge in [0, 0.05) is 12.1 Å². The van der Waals surface area contributed by atoms with Gasteiger partial charge in [-0.05, 0) is 57.7 Å². The molecule has 1 aliphatic heterocycles. The molecule has 0 unspecified atom stereocenters. The highest BCUT2D eigenvalue weighted by molar-refractivity contribution is 6.01. The Labute approximate surface area is 125 Å². The molecule has 2 N–H and O–H groups in total. The number of hydrogen-bond acceptors (Lipinski definition) is 2. The van der Waals surface area contributed by atoms with Crippen molar-refractivity contribution in [1.29, 1.82) is 0 Å². The smallest absolute Gasteiger partial charge is 0.337 e. The van der Waals surface area contributed by atoms with Gasteiger partial charge >= 0.3 is 12.0 Å². The van der Waals surface area contributed by atoms with Crippen LogP contribution >= 0.6 is 0 Å². The van der Waals surface area contributed by atoms with Crippen LogP contribution in [0.3, 0.4) is 0 Å². The van der Waals surface area contributed by atoms with Gasteiger partial charge in [0.15, 0.2) is 0 Å². The number of aromatic carboxylic acids is 1. The molecule has 1 fully saturated rings. The zero-order chi connectivity index (χ0) is 15.8. The molecule has 0 aliphatic carbocycles. The molecule has 0 spiro atoms. The van der Waals surface area contributed by atoms with Crippen molar-refractivity contribution >= 4 is 17.7 Å². The lowest BCUT2D eigenvalue weighted by molar-refractivity contribution is 0.0698. The van der Waals surface area contributed by atoms with Gasteiger partial charge in [-0.1, -0.05) is 6.07 Å². The maximum Gasteiger partial charge on any atom is 0.337 e. The van der Waals surface area contributed by atoms with Crippen molar-refractivity contribution in [3.05, 3.63) is 28.8 Å². The summed E-state index contributed by atoms with van der Waals surface area (Å²) in [5.74, 6) is -1.03. The number of carboxylic acid groups (broad SMARTS) is 1. The van der Waals surface area contributed by atoms with E-state index in [0.29, 0.717) is 12.2 Å². The number of carbonyl (C=O) groups is 2. The van der Waals surface area contributed by atoms with Gasteiger partial charge in [-0.3, -0.25) is 0 Å². The predicted octanol–water partition coefficient (Wildman–Crippen LogP) is 3.41. The lowest BCUT2D eigenvalue weighted by Gasteiger charge is -2.32. The number of urea groups is 1. The number of rotatable bonds is 2. The summed E-state index contributed by atoms with van der Waals surface area (Å²) < 4.78 is 0. The third-order valence-electron chi connectivity index (χ3n) is 4.09. The second-order valence-corrected chi connectivity index (χ2v) is 6.31. The number of nitrogens with zero attached hydrogens (tertiary/aromatic N) is 1. The molecule has 2 rings (SSSR count). The van der Waals surface area contributed by atoms with Gasteiger partial charge < -0.3 is 15.3 Å². The fourth-order valence-corrected chi connectivity index (χ4v) is 2.96. The van der Waals surface area contributed by atoms with E-state index in [1.807, 2.05) is 33.8 Å².